The number of hydrogen-bond donors (Lipinski definition) is 2. The van der Waals surface area contributed by atoms with E-state index in [4.69, 9.17) is 12.2 Å². The maximum absolute atomic E-state index is 9.22. The summed E-state index contributed by atoms with van der Waals surface area (Å²) in [6, 6.07) is 10.4. The van der Waals surface area contributed by atoms with E-state index in [1.165, 1.54) is 5.56 Å². The summed E-state index contributed by atoms with van der Waals surface area (Å²) in [5, 5.41) is 13.4. The summed E-state index contributed by atoms with van der Waals surface area (Å²) in [7, 11) is 0. The van der Waals surface area contributed by atoms with Crippen molar-refractivity contribution in [3.8, 4) is 0 Å². The molecule has 0 amide bonds. The number of thiocarbonyl (C=S) groups is 1. The van der Waals surface area contributed by atoms with E-state index in [9.17, 15) is 5.11 Å². The Bertz CT molecular complexity index is 396. The first kappa shape index (κ1) is 14.3. The lowest BCUT2D eigenvalue weighted by Gasteiger charge is -2.33. The summed E-state index contributed by atoms with van der Waals surface area (Å²) >= 11 is 5.42. The lowest BCUT2D eigenvalue weighted by Crippen LogP contribution is -2.46. The van der Waals surface area contributed by atoms with E-state index >= 15 is 0 Å². The Balaban J connectivity index is 1.72. The van der Waals surface area contributed by atoms with E-state index in [2.05, 4.69) is 34.5 Å². The number of benzene rings is 1. The zero-order valence-electron chi connectivity index (χ0n) is 11.2. The average Bonchev–Trinajstić information content (AvgIpc) is 2.48. The van der Waals surface area contributed by atoms with Crippen LogP contribution in [0.2, 0.25) is 0 Å². The molecule has 104 valence electrons. The molecule has 0 radical (unpaired) electrons. The predicted octanol–water partition coefficient (Wildman–Crippen LogP) is 1.81. The number of piperidine rings is 1. The van der Waals surface area contributed by atoms with Crippen molar-refractivity contribution in [3.05, 3.63) is 35.9 Å². The fourth-order valence-electron chi connectivity index (χ4n) is 2.47. The van der Waals surface area contributed by atoms with Crippen LogP contribution in [0.15, 0.2) is 30.3 Å². The molecule has 1 atom stereocenters. The molecule has 1 heterocycles. The summed E-state index contributed by atoms with van der Waals surface area (Å²) in [6.07, 6.45) is 3.21. The van der Waals surface area contributed by atoms with Crippen molar-refractivity contribution in [2.45, 2.75) is 19.3 Å². The van der Waals surface area contributed by atoms with Gasteiger partial charge in [0.2, 0.25) is 0 Å². The lowest BCUT2D eigenvalue weighted by molar-refractivity contribution is 0.160. The zero-order chi connectivity index (χ0) is 13.5. The summed E-state index contributed by atoms with van der Waals surface area (Å²) in [6.45, 7) is 3.02. The van der Waals surface area contributed by atoms with Crippen molar-refractivity contribution >= 4 is 17.3 Å². The Morgan fingerprint density at radius 1 is 1.37 bits per heavy atom. The van der Waals surface area contributed by atoms with E-state index in [0.29, 0.717) is 5.92 Å². The van der Waals surface area contributed by atoms with Gasteiger partial charge in [-0.05, 0) is 43.0 Å². The Kier molecular flexibility index (Phi) is 5.61. The van der Waals surface area contributed by atoms with Gasteiger partial charge in [-0.15, -0.1) is 0 Å². The van der Waals surface area contributed by atoms with Gasteiger partial charge in [-0.1, -0.05) is 30.3 Å². The number of aliphatic hydroxyl groups is 1. The van der Waals surface area contributed by atoms with Crippen LogP contribution in [-0.4, -0.2) is 41.4 Å². The molecule has 0 aliphatic carbocycles. The monoisotopic (exact) mass is 278 g/mol. The predicted molar refractivity (Wildman–Crippen MR) is 82.1 cm³/mol. The minimum absolute atomic E-state index is 0.267. The fourth-order valence-corrected chi connectivity index (χ4v) is 2.74. The smallest absolute Gasteiger partial charge is 0.168 e. The van der Waals surface area contributed by atoms with Gasteiger partial charge in [0.05, 0.1) is 0 Å². The molecule has 2 N–H and O–H groups in total. The minimum Gasteiger partial charge on any atom is -0.396 e. The second-order valence-electron chi connectivity index (χ2n) is 5.10. The largest absolute Gasteiger partial charge is 0.396 e. The zero-order valence-corrected chi connectivity index (χ0v) is 12.0. The van der Waals surface area contributed by atoms with Crippen LogP contribution in [0.5, 0.6) is 0 Å². The maximum atomic E-state index is 9.22. The third kappa shape index (κ3) is 4.48. The molecule has 0 saturated carbocycles. The molecule has 1 saturated heterocycles. The molecule has 1 aromatic carbocycles. The maximum Gasteiger partial charge on any atom is 0.168 e. The van der Waals surface area contributed by atoms with Gasteiger partial charge in [0.15, 0.2) is 5.11 Å². The highest BCUT2D eigenvalue weighted by Crippen LogP contribution is 2.15. The molecule has 0 aromatic heterocycles. The van der Waals surface area contributed by atoms with Crippen LogP contribution < -0.4 is 5.32 Å². The van der Waals surface area contributed by atoms with Crippen LogP contribution in [0.3, 0.4) is 0 Å². The molecule has 0 bridgehead atoms. The Hall–Kier alpha value is -1.13. The van der Waals surface area contributed by atoms with Crippen molar-refractivity contribution in [2.24, 2.45) is 5.92 Å². The second kappa shape index (κ2) is 7.46. The molecule has 2 rings (SSSR count). The van der Waals surface area contributed by atoms with Gasteiger partial charge < -0.3 is 15.3 Å². The molecule has 1 aliphatic rings. The van der Waals surface area contributed by atoms with E-state index in [1.807, 2.05) is 6.07 Å². The summed E-state index contributed by atoms with van der Waals surface area (Å²) in [5.41, 5.74) is 1.32. The molecule has 19 heavy (non-hydrogen) atoms. The summed E-state index contributed by atoms with van der Waals surface area (Å²) in [5.74, 6) is 0.377. The van der Waals surface area contributed by atoms with E-state index in [1.54, 1.807) is 0 Å². The van der Waals surface area contributed by atoms with Gasteiger partial charge >= 0.3 is 0 Å². The molecule has 0 spiro atoms. The fraction of sp³-hybridized carbons (Fsp3) is 0.533. The molecule has 1 aliphatic heterocycles. The number of rotatable bonds is 4. The van der Waals surface area contributed by atoms with Crippen molar-refractivity contribution in [3.63, 3.8) is 0 Å². The van der Waals surface area contributed by atoms with Crippen LogP contribution in [-0.2, 0) is 6.42 Å². The Morgan fingerprint density at radius 2 is 2.16 bits per heavy atom. The summed E-state index contributed by atoms with van der Waals surface area (Å²) < 4.78 is 0. The molecule has 4 heteroatoms. The lowest BCUT2D eigenvalue weighted by atomic mass is 9.99. The van der Waals surface area contributed by atoms with Gasteiger partial charge in [-0.2, -0.15) is 0 Å². The van der Waals surface area contributed by atoms with Gasteiger partial charge in [-0.25, -0.2) is 0 Å². The molecular formula is C15H22N2OS. The van der Waals surface area contributed by atoms with Gasteiger partial charge in [0.25, 0.3) is 0 Å². The van der Waals surface area contributed by atoms with Crippen LogP contribution in [0.25, 0.3) is 0 Å². The van der Waals surface area contributed by atoms with Crippen molar-refractivity contribution in [1.29, 1.82) is 0 Å². The highest BCUT2D eigenvalue weighted by molar-refractivity contribution is 7.80. The van der Waals surface area contributed by atoms with Crippen molar-refractivity contribution in [2.75, 3.05) is 26.2 Å². The first-order chi connectivity index (χ1) is 9.29. The highest BCUT2D eigenvalue weighted by Gasteiger charge is 2.20. The Labute approximate surface area is 120 Å². The standard InChI is InChI=1S/C15H22N2OS/c18-12-14-7-4-10-17(11-14)15(19)16-9-8-13-5-2-1-3-6-13/h1-3,5-6,14,18H,4,7-12H2,(H,16,19)/t14-/m1/s1. The SMILES string of the molecule is OC[C@@H]1CCCN(C(=S)NCCc2ccccc2)C1. The number of hydrogen-bond acceptors (Lipinski definition) is 2. The van der Waals surface area contributed by atoms with Gasteiger partial charge in [-0.3, -0.25) is 0 Å². The molecular weight excluding hydrogens is 256 g/mol. The quantitative estimate of drug-likeness (QED) is 0.824. The second-order valence-corrected chi connectivity index (χ2v) is 5.49. The number of nitrogens with zero attached hydrogens (tertiary/aromatic N) is 1. The number of aliphatic hydroxyl groups excluding tert-OH is 1. The molecule has 1 aromatic rings. The normalized spacial score (nSPS) is 19.2. The average molecular weight is 278 g/mol. The molecule has 0 unspecified atom stereocenters. The van der Waals surface area contributed by atoms with Crippen molar-refractivity contribution in [1.82, 2.24) is 10.2 Å². The minimum atomic E-state index is 0.267. The van der Waals surface area contributed by atoms with Gasteiger partial charge in [0.1, 0.15) is 0 Å². The highest BCUT2D eigenvalue weighted by atomic mass is 32.1. The van der Waals surface area contributed by atoms with Crippen molar-refractivity contribution < 1.29 is 5.11 Å². The van der Waals surface area contributed by atoms with Crippen LogP contribution >= 0.6 is 12.2 Å². The summed E-state index contributed by atoms with van der Waals surface area (Å²) in [4.78, 5) is 2.19. The van der Waals surface area contributed by atoms with E-state index in [0.717, 1.165) is 44.0 Å². The van der Waals surface area contributed by atoms with E-state index in [-0.39, 0.29) is 6.61 Å². The first-order valence-corrected chi connectivity index (χ1v) is 7.38. The van der Waals surface area contributed by atoms with Crippen LogP contribution in [0.1, 0.15) is 18.4 Å². The Morgan fingerprint density at radius 3 is 2.89 bits per heavy atom. The van der Waals surface area contributed by atoms with Crippen LogP contribution in [0.4, 0.5) is 0 Å². The van der Waals surface area contributed by atoms with E-state index < -0.39 is 0 Å². The third-order valence-electron chi connectivity index (χ3n) is 3.60. The number of nitrogens with one attached hydrogen (secondary N) is 1. The third-order valence-corrected chi connectivity index (χ3v) is 4.00. The molecule has 3 nitrogen and oxygen atoms in total. The number of likely N-dealkylation sites (tertiary alicyclic amines) is 1. The first-order valence-electron chi connectivity index (χ1n) is 6.97. The van der Waals surface area contributed by atoms with Crippen LogP contribution in [0, 0.1) is 5.92 Å². The molecule has 1 fully saturated rings. The topological polar surface area (TPSA) is 35.5 Å². The van der Waals surface area contributed by atoms with Gasteiger partial charge in [0, 0.05) is 26.2 Å².